The molecule has 0 radical (unpaired) electrons. The molecule has 0 heterocycles. The predicted octanol–water partition coefficient (Wildman–Crippen LogP) is 0.349. The minimum atomic E-state index is -0.706. The fraction of sp³-hybridized carbons (Fsp3) is 0.417. The quantitative estimate of drug-likeness (QED) is 0.628. The van der Waals surface area contributed by atoms with E-state index in [0.29, 0.717) is 5.69 Å². The Morgan fingerprint density at radius 1 is 1.50 bits per heavy atom. The zero-order valence-corrected chi connectivity index (χ0v) is 9.60. The fourth-order valence-electron chi connectivity index (χ4n) is 1.66. The number of anilines is 1. The fourth-order valence-corrected chi connectivity index (χ4v) is 1.66. The lowest BCUT2D eigenvalue weighted by atomic mass is 9.99. The molecular formula is C12H18N2O2. The third kappa shape index (κ3) is 3.05. The minimum absolute atomic E-state index is 0.0598. The van der Waals surface area contributed by atoms with E-state index in [9.17, 15) is 9.90 Å². The Labute approximate surface area is 95.5 Å². The van der Waals surface area contributed by atoms with E-state index in [4.69, 9.17) is 5.73 Å². The van der Waals surface area contributed by atoms with Crippen molar-refractivity contribution in [1.29, 1.82) is 0 Å². The Hall–Kier alpha value is -1.39. The van der Waals surface area contributed by atoms with Gasteiger partial charge in [0.1, 0.15) is 0 Å². The number of aliphatic hydroxyl groups is 1. The second-order valence-electron chi connectivity index (χ2n) is 3.85. The molecule has 0 saturated carbocycles. The molecule has 0 saturated heterocycles. The first-order chi connectivity index (χ1) is 7.56. The molecule has 88 valence electrons. The molecule has 0 aromatic heterocycles. The second kappa shape index (κ2) is 5.63. The molecule has 1 aromatic rings. The molecule has 0 aliphatic carbocycles. The van der Waals surface area contributed by atoms with E-state index in [1.54, 1.807) is 20.0 Å². The van der Waals surface area contributed by atoms with Crippen LogP contribution >= 0.6 is 0 Å². The van der Waals surface area contributed by atoms with Gasteiger partial charge in [-0.3, -0.25) is 4.79 Å². The number of aliphatic hydroxyl groups excluding tert-OH is 1. The van der Waals surface area contributed by atoms with Gasteiger partial charge in [-0.05, 0) is 25.6 Å². The van der Waals surface area contributed by atoms with Crippen LogP contribution in [0.25, 0.3) is 0 Å². The number of likely N-dealkylation sites (N-methyl/N-ethyl adjacent to an activating group) is 1. The number of carbonyl (C=O) groups is 1. The Kier molecular flexibility index (Phi) is 4.46. The lowest BCUT2D eigenvalue weighted by molar-refractivity contribution is -0.122. The molecule has 4 N–H and O–H groups in total. The van der Waals surface area contributed by atoms with Gasteiger partial charge < -0.3 is 16.2 Å². The van der Waals surface area contributed by atoms with Gasteiger partial charge in [0.05, 0.1) is 12.1 Å². The largest absolute Gasteiger partial charge is 0.398 e. The highest BCUT2D eigenvalue weighted by Gasteiger charge is 2.21. The molecule has 0 aliphatic rings. The van der Waals surface area contributed by atoms with Crippen molar-refractivity contribution in [3.63, 3.8) is 0 Å². The predicted molar refractivity (Wildman–Crippen MR) is 64.1 cm³/mol. The molecular weight excluding hydrogens is 204 g/mol. The SMILES string of the molecule is CN[C@H](C(=O)Cc1ccccc1N)[C@@H](C)O. The van der Waals surface area contributed by atoms with Crippen molar-refractivity contribution < 1.29 is 9.90 Å². The van der Waals surface area contributed by atoms with Crippen LogP contribution in [0.2, 0.25) is 0 Å². The lowest BCUT2D eigenvalue weighted by Crippen LogP contribution is -2.43. The number of nitrogens with one attached hydrogen (secondary N) is 1. The van der Waals surface area contributed by atoms with Crippen molar-refractivity contribution in [2.24, 2.45) is 0 Å². The molecule has 0 fully saturated rings. The van der Waals surface area contributed by atoms with Crippen LogP contribution in [-0.2, 0) is 11.2 Å². The summed E-state index contributed by atoms with van der Waals surface area (Å²) in [5.74, 6) is -0.0598. The van der Waals surface area contributed by atoms with Gasteiger partial charge in [-0.25, -0.2) is 0 Å². The summed E-state index contributed by atoms with van der Waals surface area (Å²) in [6.45, 7) is 1.59. The average molecular weight is 222 g/mol. The van der Waals surface area contributed by atoms with Crippen molar-refractivity contribution in [1.82, 2.24) is 5.32 Å². The zero-order chi connectivity index (χ0) is 12.1. The van der Waals surface area contributed by atoms with Gasteiger partial charge in [0.25, 0.3) is 0 Å². The standard InChI is InChI=1S/C12H18N2O2/c1-8(15)12(14-2)11(16)7-9-5-3-4-6-10(9)13/h3-6,8,12,14-15H,7,13H2,1-2H3/t8-,12+/m1/s1. The van der Waals surface area contributed by atoms with E-state index >= 15 is 0 Å². The van der Waals surface area contributed by atoms with Gasteiger partial charge in [-0.2, -0.15) is 0 Å². The number of nitrogen functional groups attached to an aromatic ring is 1. The monoisotopic (exact) mass is 222 g/mol. The number of ketones is 1. The summed E-state index contributed by atoms with van der Waals surface area (Å²) in [7, 11) is 1.66. The Bertz CT molecular complexity index is 364. The third-order valence-electron chi connectivity index (χ3n) is 2.56. The smallest absolute Gasteiger partial charge is 0.156 e. The molecule has 4 heteroatoms. The molecule has 0 aliphatic heterocycles. The molecule has 4 nitrogen and oxygen atoms in total. The highest BCUT2D eigenvalue weighted by Crippen LogP contribution is 2.12. The van der Waals surface area contributed by atoms with Gasteiger partial charge in [0.15, 0.2) is 5.78 Å². The van der Waals surface area contributed by atoms with Crippen molar-refractivity contribution in [2.75, 3.05) is 12.8 Å². The molecule has 0 bridgehead atoms. The average Bonchev–Trinajstić information content (AvgIpc) is 2.22. The first-order valence-electron chi connectivity index (χ1n) is 5.27. The lowest BCUT2D eigenvalue weighted by Gasteiger charge is -2.18. The Morgan fingerprint density at radius 3 is 2.62 bits per heavy atom. The summed E-state index contributed by atoms with van der Waals surface area (Å²) in [4.78, 5) is 11.9. The number of benzene rings is 1. The zero-order valence-electron chi connectivity index (χ0n) is 9.60. The summed E-state index contributed by atoms with van der Waals surface area (Å²) in [6.07, 6.45) is -0.467. The second-order valence-corrected chi connectivity index (χ2v) is 3.85. The van der Waals surface area contributed by atoms with Crippen LogP contribution in [0.1, 0.15) is 12.5 Å². The number of carbonyl (C=O) groups excluding carboxylic acids is 1. The maximum atomic E-state index is 11.9. The summed E-state index contributed by atoms with van der Waals surface area (Å²) in [6, 6.07) is 6.71. The summed E-state index contributed by atoms with van der Waals surface area (Å²) >= 11 is 0. The molecule has 1 rings (SSSR count). The number of hydrogen-bond acceptors (Lipinski definition) is 4. The van der Waals surface area contributed by atoms with E-state index < -0.39 is 12.1 Å². The van der Waals surface area contributed by atoms with Crippen LogP contribution in [0.4, 0.5) is 5.69 Å². The van der Waals surface area contributed by atoms with Gasteiger partial charge in [0, 0.05) is 12.1 Å². The maximum absolute atomic E-state index is 11.9. The topological polar surface area (TPSA) is 75.4 Å². The molecule has 16 heavy (non-hydrogen) atoms. The first-order valence-corrected chi connectivity index (χ1v) is 5.27. The Balaban J connectivity index is 2.74. The minimum Gasteiger partial charge on any atom is -0.398 e. The Morgan fingerprint density at radius 2 is 2.12 bits per heavy atom. The van der Waals surface area contributed by atoms with Crippen LogP contribution in [0, 0.1) is 0 Å². The van der Waals surface area contributed by atoms with E-state index in [2.05, 4.69) is 5.32 Å². The van der Waals surface area contributed by atoms with E-state index in [0.717, 1.165) is 5.56 Å². The van der Waals surface area contributed by atoms with Gasteiger partial charge in [-0.15, -0.1) is 0 Å². The van der Waals surface area contributed by atoms with Crippen molar-refractivity contribution in [3.8, 4) is 0 Å². The first kappa shape index (κ1) is 12.7. The highest BCUT2D eigenvalue weighted by atomic mass is 16.3. The van der Waals surface area contributed by atoms with Crippen LogP contribution in [0.3, 0.4) is 0 Å². The van der Waals surface area contributed by atoms with Crippen LogP contribution < -0.4 is 11.1 Å². The van der Waals surface area contributed by atoms with Crippen LogP contribution in [0.15, 0.2) is 24.3 Å². The summed E-state index contributed by atoms with van der Waals surface area (Å²) < 4.78 is 0. The highest BCUT2D eigenvalue weighted by molar-refractivity contribution is 5.87. The van der Waals surface area contributed by atoms with Crippen LogP contribution in [-0.4, -0.2) is 30.1 Å². The number of para-hydroxylation sites is 1. The van der Waals surface area contributed by atoms with Gasteiger partial charge in [0.2, 0.25) is 0 Å². The van der Waals surface area contributed by atoms with Crippen LogP contribution in [0.5, 0.6) is 0 Å². The van der Waals surface area contributed by atoms with Crippen molar-refractivity contribution in [3.05, 3.63) is 29.8 Å². The molecule has 0 unspecified atom stereocenters. The summed E-state index contributed by atoms with van der Waals surface area (Å²) in [5.41, 5.74) is 7.16. The third-order valence-corrected chi connectivity index (χ3v) is 2.56. The number of rotatable bonds is 5. The molecule has 1 aromatic carbocycles. The van der Waals surface area contributed by atoms with Gasteiger partial charge in [-0.1, -0.05) is 18.2 Å². The van der Waals surface area contributed by atoms with E-state index in [1.807, 2.05) is 18.2 Å². The van der Waals surface area contributed by atoms with Crippen molar-refractivity contribution >= 4 is 11.5 Å². The summed E-state index contributed by atoms with van der Waals surface area (Å²) in [5, 5.41) is 12.2. The molecule has 0 spiro atoms. The molecule has 2 atom stereocenters. The van der Waals surface area contributed by atoms with Gasteiger partial charge >= 0.3 is 0 Å². The number of Topliss-reactive ketones (excluding diaryl/α,β-unsaturated/α-hetero) is 1. The number of hydrogen-bond donors (Lipinski definition) is 3. The molecule has 0 amide bonds. The van der Waals surface area contributed by atoms with Crippen molar-refractivity contribution in [2.45, 2.75) is 25.5 Å². The number of nitrogens with two attached hydrogens (primary N) is 1. The normalized spacial score (nSPS) is 14.4. The maximum Gasteiger partial charge on any atom is 0.156 e. The van der Waals surface area contributed by atoms with E-state index in [-0.39, 0.29) is 12.2 Å². The van der Waals surface area contributed by atoms with E-state index in [1.165, 1.54) is 0 Å².